The van der Waals surface area contributed by atoms with E-state index in [-0.39, 0.29) is 6.03 Å². The molecular formula is C12H14N4O2. The Labute approximate surface area is 104 Å². The third-order valence-electron chi connectivity index (χ3n) is 2.31. The number of furan rings is 1. The molecular weight excluding hydrogens is 232 g/mol. The molecule has 0 spiro atoms. The number of aromatic nitrogens is 1. The SMILES string of the molecule is CNc1ccc(NC(=O)NCc2ccoc2)cn1. The van der Waals surface area contributed by atoms with Gasteiger partial charge < -0.3 is 20.4 Å². The number of carbonyl (C=O) groups is 1. The summed E-state index contributed by atoms with van der Waals surface area (Å²) in [6.45, 7) is 0.421. The molecule has 2 aromatic heterocycles. The summed E-state index contributed by atoms with van der Waals surface area (Å²) in [7, 11) is 1.78. The summed E-state index contributed by atoms with van der Waals surface area (Å²) in [5.74, 6) is 0.749. The molecule has 18 heavy (non-hydrogen) atoms. The van der Waals surface area contributed by atoms with Crippen LogP contribution in [0.2, 0.25) is 0 Å². The van der Waals surface area contributed by atoms with Crippen LogP contribution >= 0.6 is 0 Å². The van der Waals surface area contributed by atoms with E-state index < -0.39 is 0 Å². The molecule has 2 rings (SSSR count). The molecule has 0 aromatic carbocycles. The molecule has 0 aliphatic rings. The predicted octanol–water partition coefficient (Wildman–Crippen LogP) is 2.04. The van der Waals surface area contributed by atoms with Crippen molar-refractivity contribution in [2.45, 2.75) is 6.54 Å². The molecule has 3 N–H and O–H groups in total. The molecule has 6 heteroatoms. The van der Waals surface area contributed by atoms with Crippen LogP contribution in [0.1, 0.15) is 5.56 Å². The summed E-state index contributed by atoms with van der Waals surface area (Å²) in [5, 5.41) is 8.29. The Morgan fingerprint density at radius 2 is 2.28 bits per heavy atom. The van der Waals surface area contributed by atoms with Gasteiger partial charge in [-0.1, -0.05) is 0 Å². The highest BCUT2D eigenvalue weighted by molar-refractivity contribution is 5.89. The Hall–Kier alpha value is -2.50. The van der Waals surface area contributed by atoms with E-state index in [1.165, 1.54) is 0 Å². The van der Waals surface area contributed by atoms with E-state index in [1.807, 2.05) is 0 Å². The van der Waals surface area contributed by atoms with Gasteiger partial charge in [-0.25, -0.2) is 9.78 Å². The average Bonchev–Trinajstić information content (AvgIpc) is 2.90. The first kappa shape index (κ1) is 12.0. The Balaban J connectivity index is 1.83. The van der Waals surface area contributed by atoms with E-state index in [0.29, 0.717) is 12.2 Å². The molecule has 0 aliphatic carbocycles. The molecule has 0 saturated carbocycles. The Kier molecular flexibility index (Phi) is 3.80. The normalized spacial score (nSPS) is 9.83. The van der Waals surface area contributed by atoms with Crippen molar-refractivity contribution in [2.24, 2.45) is 0 Å². The number of hydrogen-bond acceptors (Lipinski definition) is 4. The van der Waals surface area contributed by atoms with Crippen LogP contribution in [0.15, 0.2) is 41.3 Å². The Morgan fingerprint density at radius 1 is 1.39 bits per heavy atom. The lowest BCUT2D eigenvalue weighted by molar-refractivity contribution is 0.251. The van der Waals surface area contributed by atoms with Gasteiger partial charge in [0.15, 0.2) is 0 Å². The topological polar surface area (TPSA) is 79.2 Å². The van der Waals surface area contributed by atoms with Gasteiger partial charge >= 0.3 is 6.03 Å². The van der Waals surface area contributed by atoms with E-state index in [1.54, 1.807) is 44.0 Å². The fourth-order valence-corrected chi connectivity index (χ4v) is 1.37. The molecule has 2 aromatic rings. The second-order valence-corrected chi connectivity index (χ2v) is 3.62. The summed E-state index contributed by atoms with van der Waals surface area (Å²) in [6, 6.07) is 5.07. The number of rotatable bonds is 4. The van der Waals surface area contributed by atoms with Crippen molar-refractivity contribution in [2.75, 3.05) is 17.7 Å². The van der Waals surface area contributed by atoms with E-state index in [4.69, 9.17) is 4.42 Å². The third-order valence-corrected chi connectivity index (χ3v) is 2.31. The van der Waals surface area contributed by atoms with Crippen LogP contribution in [0.5, 0.6) is 0 Å². The van der Waals surface area contributed by atoms with Crippen molar-refractivity contribution in [1.29, 1.82) is 0 Å². The van der Waals surface area contributed by atoms with Crippen molar-refractivity contribution in [1.82, 2.24) is 10.3 Å². The zero-order chi connectivity index (χ0) is 12.8. The molecule has 0 radical (unpaired) electrons. The zero-order valence-corrected chi connectivity index (χ0v) is 9.93. The van der Waals surface area contributed by atoms with Crippen LogP contribution in [0.3, 0.4) is 0 Å². The van der Waals surface area contributed by atoms with Crippen molar-refractivity contribution < 1.29 is 9.21 Å². The molecule has 0 unspecified atom stereocenters. The fourth-order valence-electron chi connectivity index (χ4n) is 1.37. The monoisotopic (exact) mass is 246 g/mol. The van der Waals surface area contributed by atoms with Gasteiger partial charge in [0.25, 0.3) is 0 Å². The zero-order valence-electron chi connectivity index (χ0n) is 9.93. The minimum Gasteiger partial charge on any atom is -0.472 e. The molecule has 0 bridgehead atoms. The summed E-state index contributed by atoms with van der Waals surface area (Å²) < 4.78 is 4.90. The second-order valence-electron chi connectivity index (χ2n) is 3.62. The number of carbonyl (C=O) groups excluding carboxylic acids is 1. The predicted molar refractivity (Wildman–Crippen MR) is 68.4 cm³/mol. The maximum atomic E-state index is 11.6. The summed E-state index contributed by atoms with van der Waals surface area (Å²) >= 11 is 0. The fraction of sp³-hybridized carbons (Fsp3) is 0.167. The van der Waals surface area contributed by atoms with Crippen LogP contribution in [-0.2, 0) is 6.54 Å². The minimum absolute atomic E-state index is 0.282. The standard InChI is InChI=1S/C12H14N4O2/c1-13-11-3-2-10(7-14-11)16-12(17)15-6-9-4-5-18-8-9/h2-5,7-8H,6H2,1H3,(H,13,14)(H2,15,16,17). The van der Waals surface area contributed by atoms with Gasteiger partial charge in [-0.15, -0.1) is 0 Å². The lowest BCUT2D eigenvalue weighted by Crippen LogP contribution is -2.28. The number of pyridine rings is 1. The van der Waals surface area contributed by atoms with E-state index in [9.17, 15) is 4.79 Å². The van der Waals surface area contributed by atoms with Gasteiger partial charge in [0.2, 0.25) is 0 Å². The molecule has 0 atom stereocenters. The summed E-state index contributed by atoms with van der Waals surface area (Å²) in [5.41, 5.74) is 1.55. The van der Waals surface area contributed by atoms with Crippen molar-refractivity contribution >= 4 is 17.5 Å². The van der Waals surface area contributed by atoms with Gasteiger partial charge in [-0.3, -0.25) is 0 Å². The minimum atomic E-state index is -0.282. The highest BCUT2D eigenvalue weighted by Gasteiger charge is 2.02. The number of amides is 2. The summed E-state index contributed by atoms with van der Waals surface area (Å²) in [6.07, 6.45) is 4.74. The van der Waals surface area contributed by atoms with Crippen molar-refractivity contribution in [3.63, 3.8) is 0 Å². The van der Waals surface area contributed by atoms with Gasteiger partial charge in [0.05, 0.1) is 24.4 Å². The van der Waals surface area contributed by atoms with Crippen molar-refractivity contribution in [3.05, 3.63) is 42.5 Å². The quantitative estimate of drug-likeness (QED) is 0.771. The molecule has 2 amide bonds. The molecule has 0 saturated heterocycles. The van der Waals surface area contributed by atoms with E-state index in [0.717, 1.165) is 11.4 Å². The first-order valence-electron chi connectivity index (χ1n) is 5.47. The Bertz CT molecular complexity index is 493. The number of nitrogens with zero attached hydrogens (tertiary/aromatic N) is 1. The summed E-state index contributed by atoms with van der Waals surface area (Å²) in [4.78, 5) is 15.7. The molecule has 0 fully saturated rings. The van der Waals surface area contributed by atoms with Crippen LogP contribution in [0.25, 0.3) is 0 Å². The molecule has 2 heterocycles. The van der Waals surface area contributed by atoms with E-state index in [2.05, 4.69) is 20.9 Å². The average molecular weight is 246 g/mol. The highest BCUT2D eigenvalue weighted by Crippen LogP contribution is 2.08. The molecule has 0 aliphatic heterocycles. The second kappa shape index (κ2) is 5.72. The number of hydrogen-bond donors (Lipinski definition) is 3. The number of anilines is 2. The highest BCUT2D eigenvalue weighted by atomic mass is 16.3. The Morgan fingerprint density at radius 3 is 2.89 bits per heavy atom. The molecule has 6 nitrogen and oxygen atoms in total. The first-order valence-corrected chi connectivity index (χ1v) is 5.47. The third kappa shape index (κ3) is 3.24. The largest absolute Gasteiger partial charge is 0.472 e. The lowest BCUT2D eigenvalue weighted by Gasteiger charge is -2.06. The molecule has 94 valence electrons. The van der Waals surface area contributed by atoms with Gasteiger partial charge in [0, 0.05) is 19.2 Å². The van der Waals surface area contributed by atoms with Crippen LogP contribution < -0.4 is 16.0 Å². The van der Waals surface area contributed by atoms with Crippen LogP contribution in [-0.4, -0.2) is 18.1 Å². The lowest BCUT2D eigenvalue weighted by atomic mass is 10.3. The van der Waals surface area contributed by atoms with Gasteiger partial charge in [-0.05, 0) is 18.2 Å². The van der Waals surface area contributed by atoms with Crippen molar-refractivity contribution in [3.8, 4) is 0 Å². The van der Waals surface area contributed by atoms with Gasteiger partial charge in [-0.2, -0.15) is 0 Å². The number of urea groups is 1. The first-order chi connectivity index (χ1) is 8.78. The smallest absolute Gasteiger partial charge is 0.319 e. The number of nitrogens with one attached hydrogen (secondary N) is 3. The van der Waals surface area contributed by atoms with Crippen LogP contribution in [0, 0.1) is 0 Å². The maximum Gasteiger partial charge on any atom is 0.319 e. The van der Waals surface area contributed by atoms with Gasteiger partial charge in [0.1, 0.15) is 5.82 Å². The van der Waals surface area contributed by atoms with E-state index >= 15 is 0 Å². The van der Waals surface area contributed by atoms with Crippen LogP contribution in [0.4, 0.5) is 16.3 Å². The maximum absolute atomic E-state index is 11.6.